The number of phenolic OH excluding ortho intramolecular Hbond substituents is 2. The molecule has 2 aromatic rings. The van der Waals surface area contributed by atoms with Gasteiger partial charge in [0.15, 0.2) is 11.5 Å². The Labute approximate surface area is 144 Å². The van der Waals surface area contributed by atoms with Gasteiger partial charge in [-0.05, 0) is 48.9 Å². The molecule has 0 spiro atoms. The number of phenols is 2. The Morgan fingerprint density at radius 3 is 2.32 bits per heavy atom. The molecule has 0 aromatic heterocycles. The minimum Gasteiger partial charge on any atom is -0.504 e. The predicted molar refractivity (Wildman–Crippen MR) is 90.6 cm³/mol. The van der Waals surface area contributed by atoms with Gasteiger partial charge in [0.05, 0.1) is 5.69 Å². The lowest BCUT2D eigenvalue weighted by Crippen LogP contribution is -2.39. The van der Waals surface area contributed by atoms with E-state index in [4.69, 9.17) is 0 Å². The van der Waals surface area contributed by atoms with Crippen molar-refractivity contribution in [3.05, 3.63) is 53.6 Å². The van der Waals surface area contributed by atoms with Crippen LogP contribution in [-0.2, 0) is 22.6 Å². The fourth-order valence-corrected chi connectivity index (χ4v) is 2.48. The predicted octanol–water partition coefficient (Wildman–Crippen LogP) is 2.19. The molecule has 130 valence electrons. The number of nitrogens with zero attached hydrogens (tertiary/aromatic N) is 2. The molecule has 0 aliphatic heterocycles. The van der Waals surface area contributed by atoms with E-state index in [-0.39, 0.29) is 17.9 Å². The Kier molecular flexibility index (Phi) is 5.89. The Hall–Kier alpha value is -3.15. The maximum atomic E-state index is 11.6. The second kappa shape index (κ2) is 8.10. The summed E-state index contributed by atoms with van der Waals surface area (Å²) in [6.45, 7) is 0.381. The SMILES string of the molecule is CN(Cc1ccc(N=C=O)cc1)[C@@H](Cc1ccc(O)c(O)c1)C(=O)O. The van der Waals surface area contributed by atoms with Crippen LogP contribution < -0.4 is 0 Å². The maximum Gasteiger partial charge on any atom is 0.321 e. The number of likely N-dealkylation sites (N-methyl/N-ethyl adjacent to an activating group) is 1. The first-order chi connectivity index (χ1) is 11.9. The molecule has 0 saturated carbocycles. The molecule has 0 fully saturated rings. The van der Waals surface area contributed by atoms with Crippen LogP contribution in [0.4, 0.5) is 5.69 Å². The Bertz CT molecular complexity index is 798. The largest absolute Gasteiger partial charge is 0.504 e. The van der Waals surface area contributed by atoms with E-state index in [1.807, 2.05) is 0 Å². The number of aliphatic carboxylic acids is 1. The molecular formula is C18H18N2O5. The van der Waals surface area contributed by atoms with E-state index in [1.165, 1.54) is 18.2 Å². The highest BCUT2D eigenvalue weighted by molar-refractivity contribution is 5.74. The molecule has 1 atom stereocenters. The first-order valence-electron chi connectivity index (χ1n) is 7.51. The monoisotopic (exact) mass is 342 g/mol. The second-order valence-electron chi connectivity index (χ2n) is 5.67. The molecule has 25 heavy (non-hydrogen) atoms. The molecule has 0 heterocycles. The van der Waals surface area contributed by atoms with Crippen LogP contribution in [0.2, 0.25) is 0 Å². The number of hydrogen-bond donors (Lipinski definition) is 3. The van der Waals surface area contributed by atoms with Gasteiger partial charge >= 0.3 is 5.97 Å². The van der Waals surface area contributed by atoms with Crippen molar-refractivity contribution < 1.29 is 24.9 Å². The van der Waals surface area contributed by atoms with E-state index in [9.17, 15) is 24.9 Å². The quantitative estimate of drug-likeness (QED) is 0.404. The van der Waals surface area contributed by atoms with Crippen LogP contribution in [0.25, 0.3) is 0 Å². The zero-order valence-electron chi connectivity index (χ0n) is 13.6. The van der Waals surface area contributed by atoms with Gasteiger partial charge in [0.2, 0.25) is 6.08 Å². The highest BCUT2D eigenvalue weighted by Crippen LogP contribution is 2.26. The fraction of sp³-hybridized carbons (Fsp3) is 0.222. The van der Waals surface area contributed by atoms with Gasteiger partial charge in [-0.1, -0.05) is 18.2 Å². The van der Waals surface area contributed by atoms with Crippen LogP contribution in [0.3, 0.4) is 0 Å². The standard InChI is InChI=1S/C18H18N2O5/c1-20(10-12-2-5-14(6-3-12)19-11-21)15(18(24)25)8-13-4-7-16(22)17(23)9-13/h2-7,9,15,22-23H,8,10H2,1H3,(H,24,25)/t15-/m0/s1. The van der Waals surface area contributed by atoms with E-state index < -0.39 is 12.0 Å². The number of aromatic hydroxyl groups is 2. The molecule has 7 heteroatoms. The van der Waals surface area contributed by atoms with Gasteiger partial charge in [0.25, 0.3) is 0 Å². The molecule has 7 nitrogen and oxygen atoms in total. The molecule has 3 N–H and O–H groups in total. The van der Waals surface area contributed by atoms with Crippen molar-refractivity contribution in [3.63, 3.8) is 0 Å². The summed E-state index contributed by atoms with van der Waals surface area (Å²) in [5, 5.41) is 28.4. The van der Waals surface area contributed by atoms with E-state index in [0.717, 1.165) is 5.56 Å². The van der Waals surface area contributed by atoms with Gasteiger partial charge in [0, 0.05) is 6.54 Å². The number of carboxylic acids is 1. The smallest absolute Gasteiger partial charge is 0.321 e. The summed E-state index contributed by atoms with van der Waals surface area (Å²) in [7, 11) is 1.69. The fourth-order valence-electron chi connectivity index (χ4n) is 2.48. The highest BCUT2D eigenvalue weighted by atomic mass is 16.4. The van der Waals surface area contributed by atoms with Crippen molar-refractivity contribution in [1.29, 1.82) is 0 Å². The number of aliphatic imine (C=N–C) groups is 1. The van der Waals surface area contributed by atoms with Crippen LogP contribution in [0.1, 0.15) is 11.1 Å². The van der Waals surface area contributed by atoms with Gasteiger partial charge in [-0.3, -0.25) is 9.69 Å². The third-order valence-corrected chi connectivity index (χ3v) is 3.83. The van der Waals surface area contributed by atoms with Crippen LogP contribution in [-0.4, -0.2) is 45.4 Å². The topological polar surface area (TPSA) is 110 Å². The van der Waals surface area contributed by atoms with Crippen LogP contribution in [0.15, 0.2) is 47.5 Å². The van der Waals surface area contributed by atoms with Crippen molar-refractivity contribution in [2.75, 3.05) is 7.05 Å². The molecule has 2 aromatic carbocycles. The highest BCUT2D eigenvalue weighted by Gasteiger charge is 2.23. The lowest BCUT2D eigenvalue weighted by Gasteiger charge is -2.25. The Balaban J connectivity index is 2.11. The van der Waals surface area contributed by atoms with Crippen molar-refractivity contribution in [1.82, 2.24) is 4.90 Å². The van der Waals surface area contributed by atoms with Gasteiger partial charge < -0.3 is 15.3 Å². The minimum absolute atomic E-state index is 0.174. The molecule has 2 rings (SSSR count). The number of carboxylic acid groups (broad SMARTS) is 1. The third-order valence-electron chi connectivity index (χ3n) is 3.83. The van der Waals surface area contributed by atoms with Gasteiger partial charge in [0.1, 0.15) is 6.04 Å². The summed E-state index contributed by atoms with van der Waals surface area (Å²) in [4.78, 5) is 27.0. The molecule has 0 aliphatic carbocycles. The van der Waals surface area contributed by atoms with Gasteiger partial charge in [-0.15, -0.1) is 0 Å². The zero-order valence-corrected chi connectivity index (χ0v) is 13.6. The van der Waals surface area contributed by atoms with Crippen LogP contribution in [0.5, 0.6) is 11.5 Å². The molecule has 0 radical (unpaired) electrons. The molecule has 0 bridgehead atoms. The number of carbonyl (C=O) groups excluding carboxylic acids is 1. The zero-order chi connectivity index (χ0) is 18.4. The number of benzene rings is 2. The van der Waals surface area contributed by atoms with E-state index in [0.29, 0.717) is 17.8 Å². The third kappa shape index (κ3) is 4.91. The van der Waals surface area contributed by atoms with E-state index in [2.05, 4.69) is 4.99 Å². The molecule has 0 amide bonds. The molecule has 0 aliphatic rings. The number of isocyanates is 1. The first kappa shape index (κ1) is 18.2. The Morgan fingerprint density at radius 1 is 1.12 bits per heavy atom. The maximum absolute atomic E-state index is 11.6. The molecular weight excluding hydrogens is 324 g/mol. The van der Waals surface area contributed by atoms with E-state index >= 15 is 0 Å². The lowest BCUT2D eigenvalue weighted by atomic mass is 10.0. The van der Waals surface area contributed by atoms with Crippen molar-refractivity contribution >= 4 is 17.7 Å². The number of carbonyl (C=O) groups is 1. The minimum atomic E-state index is -0.989. The number of hydrogen-bond acceptors (Lipinski definition) is 6. The van der Waals surface area contributed by atoms with Gasteiger partial charge in [-0.25, -0.2) is 4.79 Å². The first-order valence-corrected chi connectivity index (χ1v) is 7.51. The van der Waals surface area contributed by atoms with Crippen molar-refractivity contribution in [2.45, 2.75) is 19.0 Å². The summed E-state index contributed by atoms with van der Waals surface area (Å²) in [5.74, 6) is -1.52. The normalized spacial score (nSPS) is 11.8. The summed E-state index contributed by atoms with van der Waals surface area (Å²) in [6.07, 6.45) is 1.64. The summed E-state index contributed by atoms with van der Waals surface area (Å²) >= 11 is 0. The van der Waals surface area contributed by atoms with Crippen LogP contribution >= 0.6 is 0 Å². The summed E-state index contributed by atoms with van der Waals surface area (Å²) < 4.78 is 0. The molecule has 0 saturated heterocycles. The molecule has 0 unspecified atom stereocenters. The second-order valence-corrected chi connectivity index (χ2v) is 5.67. The van der Waals surface area contributed by atoms with Crippen molar-refractivity contribution in [2.24, 2.45) is 4.99 Å². The van der Waals surface area contributed by atoms with Crippen LogP contribution in [0, 0.1) is 0 Å². The lowest BCUT2D eigenvalue weighted by molar-refractivity contribution is -0.142. The summed E-state index contributed by atoms with van der Waals surface area (Å²) in [6, 6.07) is 10.3. The summed E-state index contributed by atoms with van der Waals surface area (Å²) in [5.41, 5.74) is 1.95. The number of rotatable bonds is 7. The van der Waals surface area contributed by atoms with Crippen molar-refractivity contribution in [3.8, 4) is 11.5 Å². The van der Waals surface area contributed by atoms with E-state index in [1.54, 1.807) is 42.3 Å². The average molecular weight is 342 g/mol. The Morgan fingerprint density at radius 2 is 1.76 bits per heavy atom. The van der Waals surface area contributed by atoms with Gasteiger partial charge in [-0.2, -0.15) is 4.99 Å². The average Bonchev–Trinajstić information content (AvgIpc) is 2.57.